The highest BCUT2D eigenvalue weighted by atomic mass is 79.9. The summed E-state index contributed by atoms with van der Waals surface area (Å²) in [6, 6.07) is 3.65. The van der Waals surface area contributed by atoms with Crippen LogP contribution < -0.4 is 0 Å². The molecule has 0 fully saturated rings. The van der Waals surface area contributed by atoms with Crippen molar-refractivity contribution in [3.8, 4) is 0 Å². The summed E-state index contributed by atoms with van der Waals surface area (Å²) in [6.07, 6.45) is 1.80. The van der Waals surface area contributed by atoms with Crippen LogP contribution in [-0.4, -0.2) is 11.7 Å². The summed E-state index contributed by atoms with van der Waals surface area (Å²) in [5, 5.41) is 8.68. The molecule has 0 aromatic carbocycles. The van der Waals surface area contributed by atoms with Crippen molar-refractivity contribution in [1.82, 2.24) is 0 Å². The van der Waals surface area contributed by atoms with Crippen LogP contribution >= 0.6 is 15.9 Å². The molecule has 0 amide bonds. The fraction of sp³-hybridized carbons (Fsp3) is 0.250. The smallest absolute Gasteiger partial charge is 0.169 e. The van der Waals surface area contributed by atoms with Crippen molar-refractivity contribution in [2.75, 3.05) is 6.61 Å². The van der Waals surface area contributed by atoms with Gasteiger partial charge >= 0.3 is 0 Å². The molecule has 1 N–H and O–H groups in total. The molecule has 0 spiro atoms. The lowest BCUT2D eigenvalue weighted by Gasteiger charge is -1.90. The summed E-state index contributed by atoms with van der Waals surface area (Å²) in [6.45, 7) is 1.91. The summed E-state index contributed by atoms with van der Waals surface area (Å²) in [7, 11) is 0. The Labute approximate surface area is 73.7 Å². The molecule has 60 valence electrons. The zero-order chi connectivity index (χ0) is 8.27. The highest BCUT2D eigenvalue weighted by molar-refractivity contribution is 9.10. The number of aliphatic hydroxyl groups is 1. The van der Waals surface area contributed by atoms with Gasteiger partial charge in [0.2, 0.25) is 0 Å². The van der Waals surface area contributed by atoms with E-state index >= 15 is 0 Å². The Morgan fingerprint density at radius 3 is 2.91 bits per heavy atom. The molecule has 1 aromatic rings. The van der Waals surface area contributed by atoms with Crippen LogP contribution in [0.2, 0.25) is 0 Å². The zero-order valence-electron chi connectivity index (χ0n) is 6.17. The van der Waals surface area contributed by atoms with Gasteiger partial charge in [-0.15, -0.1) is 0 Å². The van der Waals surface area contributed by atoms with Crippen molar-refractivity contribution < 1.29 is 9.52 Å². The first-order chi connectivity index (χ1) is 5.22. The van der Waals surface area contributed by atoms with Crippen LogP contribution in [0.1, 0.15) is 12.7 Å². The van der Waals surface area contributed by atoms with E-state index in [2.05, 4.69) is 15.9 Å². The lowest BCUT2D eigenvalue weighted by atomic mass is 10.3. The molecule has 1 heterocycles. The van der Waals surface area contributed by atoms with E-state index in [4.69, 9.17) is 9.52 Å². The highest BCUT2D eigenvalue weighted by Gasteiger charge is 1.95. The Bertz CT molecular complexity index is 263. The summed E-state index contributed by atoms with van der Waals surface area (Å²) >= 11 is 3.19. The molecule has 0 unspecified atom stereocenters. The van der Waals surface area contributed by atoms with Crippen LogP contribution in [-0.2, 0) is 0 Å². The van der Waals surface area contributed by atoms with E-state index in [0.29, 0.717) is 4.67 Å². The van der Waals surface area contributed by atoms with Gasteiger partial charge in [-0.3, -0.25) is 0 Å². The van der Waals surface area contributed by atoms with Crippen molar-refractivity contribution in [2.45, 2.75) is 6.92 Å². The van der Waals surface area contributed by atoms with Crippen molar-refractivity contribution in [2.24, 2.45) is 0 Å². The first-order valence-electron chi connectivity index (χ1n) is 3.26. The molecule has 0 saturated heterocycles. The second kappa shape index (κ2) is 3.74. The predicted molar refractivity (Wildman–Crippen MR) is 47.1 cm³/mol. The maximum absolute atomic E-state index is 8.68. The van der Waals surface area contributed by atoms with Gasteiger partial charge in [-0.05, 0) is 46.6 Å². The molecule has 0 atom stereocenters. The predicted octanol–water partition coefficient (Wildman–Crippen LogP) is 2.44. The van der Waals surface area contributed by atoms with Crippen LogP contribution in [0.5, 0.6) is 0 Å². The number of hydrogen-bond acceptors (Lipinski definition) is 2. The summed E-state index contributed by atoms with van der Waals surface area (Å²) in [4.78, 5) is 0. The molecular weight excluding hydrogens is 208 g/mol. The third-order valence-electron chi connectivity index (χ3n) is 1.23. The fourth-order valence-electron chi connectivity index (χ4n) is 0.694. The summed E-state index contributed by atoms with van der Waals surface area (Å²) in [5.74, 6) is 0.753. The molecule has 1 rings (SSSR count). The third kappa shape index (κ3) is 2.52. The van der Waals surface area contributed by atoms with Crippen LogP contribution in [0.25, 0.3) is 6.08 Å². The van der Waals surface area contributed by atoms with Gasteiger partial charge in [0.25, 0.3) is 0 Å². The molecule has 0 radical (unpaired) electrons. The molecule has 11 heavy (non-hydrogen) atoms. The Morgan fingerprint density at radius 2 is 2.45 bits per heavy atom. The average molecular weight is 217 g/mol. The van der Waals surface area contributed by atoms with Crippen LogP contribution in [0, 0.1) is 0 Å². The number of rotatable bonds is 2. The molecule has 0 saturated carbocycles. The maximum atomic E-state index is 8.68. The Morgan fingerprint density at radius 1 is 1.73 bits per heavy atom. The molecule has 0 aliphatic heterocycles. The second-order valence-corrected chi connectivity index (χ2v) is 3.07. The van der Waals surface area contributed by atoms with E-state index in [1.807, 2.05) is 19.1 Å². The molecule has 0 aliphatic carbocycles. The van der Waals surface area contributed by atoms with Crippen LogP contribution in [0.4, 0.5) is 0 Å². The number of hydrogen-bond donors (Lipinski definition) is 1. The topological polar surface area (TPSA) is 33.4 Å². The standard InChI is InChI=1S/C8H9BrO2/c1-6(5-10)4-7-2-3-8(9)11-7/h2-4,10H,5H2,1H3. The van der Waals surface area contributed by atoms with Gasteiger partial charge in [0.15, 0.2) is 4.67 Å². The fourth-order valence-corrected chi connectivity index (χ4v) is 1.01. The van der Waals surface area contributed by atoms with Gasteiger partial charge in [0, 0.05) is 0 Å². The van der Waals surface area contributed by atoms with Gasteiger partial charge in [-0.25, -0.2) is 0 Å². The van der Waals surface area contributed by atoms with E-state index in [-0.39, 0.29) is 6.61 Å². The van der Waals surface area contributed by atoms with Gasteiger partial charge in [-0.2, -0.15) is 0 Å². The normalized spacial score (nSPS) is 12.1. The molecule has 1 aromatic heterocycles. The molecule has 0 bridgehead atoms. The van der Waals surface area contributed by atoms with Crippen molar-refractivity contribution in [1.29, 1.82) is 0 Å². The monoisotopic (exact) mass is 216 g/mol. The zero-order valence-corrected chi connectivity index (χ0v) is 7.76. The van der Waals surface area contributed by atoms with E-state index in [9.17, 15) is 0 Å². The van der Waals surface area contributed by atoms with Gasteiger partial charge in [-0.1, -0.05) is 0 Å². The first kappa shape index (κ1) is 8.56. The lowest BCUT2D eigenvalue weighted by molar-refractivity contribution is 0.332. The van der Waals surface area contributed by atoms with Crippen LogP contribution in [0.15, 0.2) is 26.8 Å². The van der Waals surface area contributed by atoms with E-state index in [0.717, 1.165) is 11.3 Å². The largest absolute Gasteiger partial charge is 0.450 e. The van der Waals surface area contributed by atoms with E-state index in [1.54, 1.807) is 6.08 Å². The molecule has 2 nitrogen and oxygen atoms in total. The van der Waals surface area contributed by atoms with Gasteiger partial charge in [0.1, 0.15) is 5.76 Å². The molecule has 3 heteroatoms. The summed E-state index contributed by atoms with van der Waals surface area (Å²) in [5.41, 5.74) is 0.881. The Hall–Kier alpha value is -0.540. The number of aliphatic hydroxyl groups excluding tert-OH is 1. The number of furan rings is 1. The average Bonchev–Trinajstić information content (AvgIpc) is 2.35. The highest BCUT2D eigenvalue weighted by Crippen LogP contribution is 2.16. The minimum atomic E-state index is 0.0678. The molecule has 0 aliphatic rings. The number of halogens is 1. The second-order valence-electron chi connectivity index (χ2n) is 2.29. The Balaban J connectivity index is 2.78. The Kier molecular flexibility index (Phi) is 2.91. The summed E-state index contributed by atoms with van der Waals surface area (Å²) < 4.78 is 5.89. The van der Waals surface area contributed by atoms with Gasteiger partial charge in [0.05, 0.1) is 6.61 Å². The SMILES string of the molecule is CC(=Cc1ccc(Br)o1)CO. The van der Waals surface area contributed by atoms with Gasteiger partial charge < -0.3 is 9.52 Å². The maximum Gasteiger partial charge on any atom is 0.169 e. The van der Waals surface area contributed by atoms with Crippen LogP contribution in [0.3, 0.4) is 0 Å². The lowest BCUT2D eigenvalue weighted by Crippen LogP contribution is -1.81. The van der Waals surface area contributed by atoms with E-state index < -0.39 is 0 Å². The molecular formula is C8H9BrO2. The van der Waals surface area contributed by atoms with Crippen molar-refractivity contribution >= 4 is 22.0 Å². The minimum Gasteiger partial charge on any atom is -0.450 e. The minimum absolute atomic E-state index is 0.0678. The van der Waals surface area contributed by atoms with Crippen molar-refractivity contribution in [3.63, 3.8) is 0 Å². The quantitative estimate of drug-likeness (QED) is 0.825. The van der Waals surface area contributed by atoms with E-state index in [1.165, 1.54) is 0 Å². The van der Waals surface area contributed by atoms with Crippen molar-refractivity contribution in [3.05, 3.63) is 28.1 Å². The first-order valence-corrected chi connectivity index (χ1v) is 4.05. The third-order valence-corrected chi connectivity index (χ3v) is 1.66.